The highest BCUT2D eigenvalue weighted by Gasteiger charge is 2.10. The van der Waals surface area contributed by atoms with Gasteiger partial charge in [0.25, 0.3) is 5.56 Å². The van der Waals surface area contributed by atoms with Crippen LogP contribution >= 0.6 is 15.9 Å². The number of pyridine rings is 1. The molecule has 3 aromatic rings. The second-order valence-corrected chi connectivity index (χ2v) is 4.54. The van der Waals surface area contributed by atoms with Gasteiger partial charge in [-0.2, -0.15) is 4.98 Å². The Kier molecular flexibility index (Phi) is 2.68. The predicted molar refractivity (Wildman–Crippen MR) is 71.2 cm³/mol. The summed E-state index contributed by atoms with van der Waals surface area (Å²) in [6.45, 7) is 0. The summed E-state index contributed by atoms with van der Waals surface area (Å²) in [4.78, 5) is 19.9. The zero-order valence-corrected chi connectivity index (χ0v) is 10.7. The number of hydrogen-bond acceptors (Lipinski definition) is 4. The first-order chi connectivity index (χ1) is 8.75. The molecule has 4 nitrogen and oxygen atoms in total. The summed E-state index contributed by atoms with van der Waals surface area (Å²) >= 11 is 3.27. The number of aromatic nitrogens is 2. The fourth-order valence-electron chi connectivity index (χ4n) is 1.68. The highest BCUT2D eigenvalue weighted by atomic mass is 79.9. The molecule has 0 atom stereocenters. The van der Waals surface area contributed by atoms with E-state index in [-0.39, 0.29) is 5.56 Å². The third-order valence-corrected chi connectivity index (χ3v) is 3.11. The average Bonchev–Trinajstić information content (AvgIpc) is 2.39. The van der Waals surface area contributed by atoms with Crippen molar-refractivity contribution < 1.29 is 4.42 Å². The van der Waals surface area contributed by atoms with Gasteiger partial charge in [0.05, 0.1) is 10.7 Å². The van der Waals surface area contributed by atoms with Crippen LogP contribution in [0.1, 0.15) is 0 Å². The summed E-state index contributed by atoms with van der Waals surface area (Å²) in [7, 11) is 0. The van der Waals surface area contributed by atoms with Gasteiger partial charge in [-0.05, 0) is 28.1 Å². The van der Waals surface area contributed by atoms with Gasteiger partial charge >= 0.3 is 0 Å². The molecule has 2 heterocycles. The number of benzene rings is 1. The van der Waals surface area contributed by atoms with Crippen LogP contribution in [0, 0.1) is 0 Å². The lowest BCUT2D eigenvalue weighted by atomic mass is 10.2. The molecule has 0 fully saturated rings. The number of halogens is 1. The van der Waals surface area contributed by atoms with E-state index < -0.39 is 0 Å². The predicted octanol–water partition coefficient (Wildman–Crippen LogP) is 3.01. The molecule has 0 saturated heterocycles. The van der Waals surface area contributed by atoms with Crippen molar-refractivity contribution in [1.29, 1.82) is 0 Å². The molecule has 0 radical (unpaired) electrons. The molecule has 0 aliphatic heterocycles. The van der Waals surface area contributed by atoms with E-state index >= 15 is 0 Å². The van der Waals surface area contributed by atoms with Gasteiger partial charge in [0, 0.05) is 11.8 Å². The van der Waals surface area contributed by atoms with Crippen LogP contribution < -0.4 is 5.56 Å². The third kappa shape index (κ3) is 1.82. The molecule has 0 unspecified atom stereocenters. The van der Waals surface area contributed by atoms with Gasteiger partial charge < -0.3 is 4.42 Å². The van der Waals surface area contributed by atoms with E-state index in [4.69, 9.17) is 4.42 Å². The highest BCUT2D eigenvalue weighted by molar-refractivity contribution is 9.10. The maximum absolute atomic E-state index is 12.0. The van der Waals surface area contributed by atoms with Gasteiger partial charge in [0.1, 0.15) is 5.39 Å². The van der Waals surface area contributed by atoms with Crippen molar-refractivity contribution in [3.63, 3.8) is 0 Å². The van der Waals surface area contributed by atoms with Crippen LogP contribution in [-0.4, -0.2) is 9.97 Å². The van der Waals surface area contributed by atoms with Crippen molar-refractivity contribution in [2.24, 2.45) is 0 Å². The lowest BCUT2D eigenvalue weighted by Gasteiger charge is -2.02. The van der Waals surface area contributed by atoms with Gasteiger partial charge in [-0.1, -0.05) is 18.2 Å². The number of rotatable bonds is 1. The first-order valence-electron chi connectivity index (χ1n) is 5.25. The molecule has 0 bridgehead atoms. The van der Waals surface area contributed by atoms with Gasteiger partial charge in [-0.15, -0.1) is 0 Å². The molecular formula is C13H7BrN2O2. The third-order valence-electron chi connectivity index (χ3n) is 2.51. The average molecular weight is 303 g/mol. The summed E-state index contributed by atoms with van der Waals surface area (Å²) in [5.74, 6) is 0.299. The SMILES string of the molecule is O=c1nc(-c2ccccc2)oc2cncc(Br)c12. The van der Waals surface area contributed by atoms with Gasteiger partial charge in [-0.25, -0.2) is 0 Å². The fraction of sp³-hybridized carbons (Fsp3) is 0. The van der Waals surface area contributed by atoms with Crippen LogP contribution in [-0.2, 0) is 0 Å². The molecule has 3 rings (SSSR count). The lowest BCUT2D eigenvalue weighted by Crippen LogP contribution is -2.08. The summed E-state index contributed by atoms with van der Waals surface area (Å²) in [6, 6.07) is 9.28. The second kappa shape index (κ2) is 4.34. The molecular weight excluding hydrogens is 296 g/mol. The second-order valence-electron chi connectivity index (χ2n) is 3.68. The van der Waals surface area contributed by atoms with Crippen LogP contribution in [0.25, 0.3) is 22.4 Å². The van der Waals surface area contributed by atoms with Crippen molar-refractivity contribution in [1.82, 2.24) is 9.97 Å². The Morgan fingerprint density at radius 1 is 1.11 bits per heavy atom. The van der Waals surface area contributed by atoms with E-state index in [2.05, 4.69) is 25.9 Å². The Morgan fingerprint density at radius 3 is 2.67 bits per heavy atom. The molecule has 1 aromatic carbocycles. The minimum absolute atomic E-state index is 0.299. The van der Waals surface area contributed by atoms with Crippen LogP contribution in [0.4, 0.5) is 0 Å². The normalized spacial score (nSPS) is 10.7. The van der Waals surface area contributed by atoms with Gasteiger partial charge in [0.2, 0.25) is 5.89 Å². The maximum Gasteiger partial charge on any atom is 0.285 e. The monoisotopic (exact) mass is 302 g/mol. The van der Waals surface area contributed by atoms with Crippen molar-refractivity contribution in [2.75, 3.05) is 0 Å². The largest absolute Gasteiger partial charge is 0.436 e. The minimum atomic E-state index is -0.329. The molecule has 0 aliphatic rings. The van der Waals surface area contributed by atoms with Crippen LogP contribution in [0.2, 0.25) is 0 Å². The molecule has 0 N–H and O–H groups in total. The van der Waals surface area contributed by atoms with E-state index in [1.165, 1.54) is 6.20 Å². The van der Waals surface area contributed by atoms with Crippen molar-refractivity contribution in [3.8, 4) is 11.5 Å². The lowest BCUT2D eigenvalue weighted by molar-refractivity contribution is 0.593. The van der Waals surface area contributed by atoms with Crippen LogP contribution in [0.3, 0.4) is 0 Å². The molecule has 88 valence electrons. The number of fused-ring (bicyclic) bond motifs is 1. The molecule has 0 saturated carbocycles. The van der Waals surface area contributed by atoms with Crippen LogP contribution in [0.5, 0.6) is 0 Å². The molecule has 0 aliphatic carbocycles. The number of hydrogen-bond donors (Lipinski definition) is 0. The van der Waals surface area contributed by atoms with E-state index in [0.29, 0.717) is 21.3 Å². The molecule has 2 aromatic heterocycles. The highest BCUT2D eigenvalue weighted by Crippen LogP contribution is 2.23. The zero-order valence-electron chi connectivity index (χ0n) is 9.13. The Balaban J connectivity index is 2.33. The number of nitrogens with zero attached hydrogens (tertiary/aromatic N) is 2. The maximum atomic E-state index is 12.0. The standard InChI is InChI=1S/C13H7BrN2O2/c14-9-6-15-7-10-11(9)12(17)16-13(18-10)8-4-2-1-3-5-8/h1-7H. The van der Waals surface area contributed by atoms with Crippen LogP contribution in [0.15, 0.2) is 56.4 Å². The first kappa shape index (κ1) is 11.1. The molecule has 5 heteroatoms. The van der Waals surface area contributed by atoms with E-state index in [9.17, 15) is 4.79 Å². The van der Waals surface area contributed by atoms with E-state index in [0.717, 1.165) is 5.56 Å². The van der Waals surface area contributed by atoms with Crippen molar-refractivity contribution in [2.45, 2.75) is 0 Å². The summed E-state index contributed by atoms with van der Waals surface area (Å²) in [5.41, 5.74) is 0.851. The molecule has 18 heavy (non-hydrogen) atoms. The molecule has 0 amide bonds. The first-order valence-corrected chi connectivity index (χ1v) is 6.05. The smallest absolute Gasteiger partial charge is 0.285 e. The van der Waals surface area contributed by atoms with Gasteiger partial charge in [-0.3, -0.25) is 9.78 Å². The Bertz CT molecular complexity index is 769. The Morgan fingerprint density at radius 2 is 1.89 bits per heavy atom. The van der Waals surface area contributed by atoms with E-state index in [1.54, 1.807) is 6.20 Å². The van der Waals surface area contributed by atoms with Gasteiger partial charge in [0.15, 0.2) is 5.58 Å². The Hall–Kier alpha value is -2.01. The zero-order chi connectivity index (χ0) is 12.5. The van der Waals surface area contributed by atoms with E-state index in [1.807, 2.05) is 30.3 Å². The Labute approximate surface area is 110 Å². The van der Waals surface area contributed by atoms with Crippen molar-refractivity contribution in [3.05, 3.63) is 57.6 Å². The summed E-state index contributed by atoms with van der Waals surface area (Å²) in [6.07, 6.45) is 3.05. The molecule has 0 spiro atoms. The van der Waals surface area contributed by atoms with Crippen molar-refractivity contribution >= 4 is 26.9 Å². The summed E-state index contributed by atoms with van der Waals surface area (Å²) < 4.78 is 6.19. The fourth-order valence-corrected chi connectivity index (χ4v) is 2.16. The topological polar surface area (TPSA) is 56.0 Å². The quantitative estimate of drug-likeness (QED) is 0.693. The minimum Gasteiger partial charge on any atom is -0.436 e. The summed E-state index contributed by atoms with van der Waals surface area (Å²) in [5, 5.41) is 0.407.